The van der Waals surface area contributed by atoms with Gasteiger partial charge in [-0.1, -0.05) is 81.4 Å². The zero-order valence-corrected chi connectivity index (χ0v) is 22.9. The standard InChI is InChI=1S/C28H40N2O4Si/c1-27(2,3)34-26(32)30-22(17-21-18-25(31)29-19-21)20-33-35(28(4,5)6,23-13-9-7-10-14-23)24-15-11-8-12-16-24/h7-16,21-22H,17-20H2,1-6H3,(H,29,31)(H,30,32)/t21-,22+/m1/s1. The maximum absolute atomic E-state index is 12.7. The Hall–Kier alpha value is -2.64. The lowest BCUT2D eigenvalue weighted by molar-refractivity contribution is -0.119. The second-order valence-electron chi connectivity index (χ2n) is 11.4. The molecule has 3 rings (SSSR count). The highest BCUT2D eigenvalue weighted by Crippen LogP contribution is 2.37. The molecule has 35 heavy (non-hydrogen) atoms. The Bertz CT molecular complexity index is 944. The molecule has 6 nitrogen and oxygen atoms in total. The number of hydrogen-bond donors (Lipinski definition) is 2. The van der Waals surface area contributed by atoms with Crippen LogP contribution in [0.4, 0.5) is 4.79 Å². The quantitative estimate of drug-likeness (QED) is 0.542. The van der Waals surface area contributed by atoms with Gasteiger partial charge in [-0.15, -0.1) is 0 Å². The molecule has 0 radical (unpaired) electrons. The third-order valence-electron chi connectivity index (χ3n) is 6.32. The van der Waals surface area contributed by atoms with Crippen molar-refractivity contribution < 1.29 is 18.8 Å². The van der Waals surface area contributed by atoms with E-state index in [9.17, 15) is 9.59 Å². The highest BCUT2D eigenvalue weighted by atomic mass is 28.4. The van der Waals surface area contributed by atoms with Gasteiger partial charge in [0.05, 0.1) is 12.6 Å². The van der Waals surface area contributed by atoms with Crippen molar-refractivity contribution in [1.29, 1.82) is 0 Å². The minimum atomic E-state index is -2.75. The van der Waals surface area contributed by atoms with Crippen molar-refractivity contribution in [2.45, 2.75) is 71.1 Å². The molecule has 2 aromatic carbocycles. The van der Waals surface area contributed by atoms with E-state index >= 15 is 0 Å². The van der Waals surface area contributed by atoms with Gasteiger partial charge < -0.3 is 19.8 Å². The lowest BCUT2D eigenvalue weighted by atomic mass is 9.99. The molecule has 1 saturated heterocycles. The molecule has 0 aliphatic carbocycles. The van der Waals surface area contributed by atoms with Crippen molar-refractivity contribution >= 4 is 30.7 Å². The number of hydrogen-bond acceptors (Lipinski definition) is 4. The molecule has 2 amide bonds. The van der Waals surface area contributed by atoms with Crippen LogP contribution in [0.3, 0.4) is 0 Å². The van der Waals surface area contributed by atoms with Crippen LogP contribution in [0.25, 0.3) is 0 Å². The number of amides is 2. The third kappa shape index (κ3) is 6.95. The Morgan fingerprint density at radius 3 is 1.97 bits per heavy atom. The van der Waals surface area contributed by atoms with E-state index in [1.165, 1.54) is 10.4 Å². The Morgan fingerprint density at radius 2 is 1.54 bits per heavy atom. The van der Waals surface area contributed by atoms with Crippen LogP contribution < -0.4 is 21.0 Å². The predicted molar refractivity (Wildman–Crippen MR) is 142 cm³/mol. The SMILES string of the molecule is CC(C)(C)OC(=O)N[C@H](CO[Si](c1ccccc1)(c1ccccc1)C(C)(C)C)C[C@H]1CNC(=O)C1. The van der Waals surface area contributed by atoms with E-state index < -0.39 is 20.0 Å². The first-order valence-corrected chi connectivity index (χ1v) is 14.3. The van der Waals surface area contributed by atoms with Gasteiger partial charge in [-0.05, 0) is 48.5 Å². The number of carbonyl (C=O) groups is 2. The first kappa shape index (κ1) is 27.0. The highest BCUT2D eigenvalue weighted by Gasteiger charge is 2.50. The fourth-order valence-corrected chi connectivity index (χ4v) is 9.47. The predicted octanol–water partition coefficient (Wildman–Crippen LogP) is 3.98. The van der Waals surface area contributed by atoms with Crippen molar-refractivity contribution in [1.82, 2.24) is 10.6 Å². The van der Waals surface area contributed by atoms with Crippen molar-refractivity contribution in [3.8, 4) is 0 Å². The van der Waals surface area contributed by atoms with Gasteiger partial charge in [0.1, 0.15) is 5.60 Å². The molecule has 0 bridgehead atoms. The van der Waals surface area contributed by atoms with Gasteiger partial charge >= 0.3 is 6.09 Å². The average Bonchev–Trinajstić information content (AvgIpc) is 3.17. The zero-order chi connectivity index (χ0) is 25.7. The Balaban J connectivity index is 1.94. The summed E-state index contributed by atoms with van der Waals surface area (Å²) in [5, 5.41) is 8.14. The summed E-state index contributed by atoms with van der Waals surface area (Å²) < 4.78 is 12.6. The maximum Gasteiger partial charge on any atom is 0.407 e. The molecule has 2 atom stereocenters. The highest BCUT2D eigenvalue weighted by molar-refractivity contribution is 6.99. The second-order valence-corrected chi connectivity index (χ2v) is 15.7. The number of benzene rings is 2. The molecular formula is C28H40N2O4Si. The molecule has 1 aliphatic heterocycles. The molecule has 0 aromatic heterocycles. The second kappa shape index (κ2) is 11.0. The maximum atomic E-state index is 12.7. The summed E-state index contributed by atoms with van der Waals surface area (Å²) in [6, 6.07) is 20.6. The smallest absolute Gasteiger partial charge is 0.407 e. The molecule has 0 spiro atoms. The van der Waals surface area contributed by atoms with E-state index in [1.54, 1.807) is 0 Å². The number of ether oxygens (including phenoxy) is 1. The van der Waals surface area contributed by atoms with Crippen molar-refractivity contribution in [3.05, 3.63) is 60.7 Å². The summed E-state index contributed by atoms with van der Waals surface area (Å²) in [5.41, 5.74) is -0.599. The lowest BCUT2D eigenvalue weighted by Gasteiger charge is -2.44. The number of nitrogens with one attached hydrogen (secondary N) is 2. The van der Waals surface area contributed by atoms with Crippen LogP contribution in [0.2, 0.25) is 5.04 Å². The van der Waals surface area contributed by atoms with Crippen LogP contribution in [-0.4, -0.2) is 45.1 Å². The fraction of sp³-hybridized carbons (Fsp3) is 0.500. The van der Waals surface area contributed by atoms with Gasteiger partial charge in [0, 0.05) is 13.0 Å². The van der Waals surface area contributed by atoms with Crippen molar-refractivity contribution in [2.75, 3.05) is 13.2 Å². The van der Waals surface area contributed by atoms with Gasteiger partial charge in [-0.3, -0.25) is 4.79 Å². The summed E-state index contributed by atoms with van der Waals surface area (Å²) in [5.74, 6) is 0.198. The van der Waals surface area contributed by atoms with Gasteiger partial charge in [0.25, 0.3) is 8.32 Å². The Labute approximate surface area is 210 Å². The van der Waals surface area contributed by atoms with Crippen molar-refractivity contribution in [3.63, 3.8) is 0 Å². The summed E-state index contributed by atoms with van der Waals surface area (Å²) in [6.07, 6.45) is 0.632. The van der Waals surface area contributed by atoms with Gasteiger partial charge in [0.2, 0.25) is 5.91 Å². The minimum absolute atomic E-state index is 0.0546. The fourth-order valence-electron chi connectivity index (χ4n) is 4.86. The van der Waals surface area contributed by atoms with E-state index in [-0.39, 0.29) is 22.9 Å². The molecule has 2 N–H and O–H groups in total. The van der Waals surface area contributed by atoms with E-state index in [4.69, 9.17) is 9.16 Å². The van der Waals surface area contributed by atoms with E-state index in [1.807, 2.05) is 32.9 Å². The number of carbonyl (C=O) groups excluding carboxylic acids is 2. The topological polar surface area (TPSA) is 76.7 Å². The average molecular weight is 497 g/mol. The van der Waals surface area contributed by atoms with Crippen LogP contribution in [-0.2, 0) is 14.0 Å². The normalized spacial score (nSPS) is 17.5. The van der Waals surface area contributed by atoms with Gasteiger partial charge in [-0.2, -0.15) is 0 Å². The molecule has 1 heterocycles. The van der Waals surface area contributed by atoms with Gasteiger partial charge in [0.15, 0.2) is 0 Å². The van der Waals surface area contributed by atoms with Crippen molar-refractivity contribution in [2.24, 2.45) is 5.92 Å². The molecule has 1 fully saturated rings. The summed E-state index contributed by atoms with van der Waals surface area (Å²) in [6.45, 7) is 13.2. The van der Waals surface area contributed by atoms with Gasteiger partial charge in [-0.25, -0.2) is 4.79 Å². The lowest BCUT2D eigenvalue weighted by Crippen LogP contribution is -2.67. The van der Waals surface area contributed by atoms with Crippen LogP contribution in [0.1, 0.15) is 54.4 Å². The summed E-state index contributed by atoms with van der Waals surface area (Å²) in [4.78, 5) is 24.5. The van der Waals surface area contributed by atoms with Crippen LogP contribution in [0.15, 0.2) is 60.7 Å². The molecular weight excluding hydrogens is 456 g/mol. The molecule has 190 valence electrons. The first-order valence-electron chi connectivity index (χ1n) is 12.4. The van der Waals surface area contributed by atoms with Crippen LogP contribution in [0.5, 0.6) is 0 Å². The first-order chi connectivity index (χ1) is 16.4. The monoisotopic (exact) mass is 496 g/mol. The Kier molecular flexibility index (Phi) is 8.44. The third-order valence-corrected chi connectivity index (χ3v) is 11.3. The molecule has 0 saturated carbocycles. The van der Waals surface area contributed by atoms with E-state index in [0.29, 0.717) is 26.0 Å². The summed E-state index contributed by atoms with van der Waals surface area (Å²) in [7, 11) is -2.75. The zero-order valence-electron chi connectivity index (χ0n) is 21.9. The molecule has 2 aromatic rings. The summed E-state index contributed by atoms with van der Waals surface area (Å²) >= 11 is 0. The Morgan fingerprint density at radius 1 is 1.00 bits per heavy atom. The number of alkyl carbamates (subject to hydrolysis) is 1. The molecule has 0 unspecified atom stereocenters. The van der Waals surface area contributed by atoms with E-state index in [0.717, 1.165) is 0 Å². The molecule has 7 heteroatoms. The van der Waals surface area contributed by atoms with Crippen LogP contribution in [0, 0.1) is 5.92 Å². The van der Waals surface area contributed by atoms with E-state index in [2.05, 4.69) is 79.9 Å². The van der Waals surface area contributed by atoms with Crippen LogP contribution >= 0.6 is 0 Å². The largest absolute Gasteiger partial charge is 0.444 e. The molecule has 1 aliphatic rings. The minimum Gasteiger partial charge on any atom is -0.444 e. The number of rotatable bonds is 8.